The van der Waals surface area contributed by atoms with Gasteiger partial charge in [0.05, 0.1) is 14.0 Å². The Bertz CT molecular complexity index is 518. The quantitative estimate of drug-likeness (QED) is 0.700. The minimum Gasteiger partial charge on any atom is -0.461 e. The summed E-state index contributed by atoms with van der Waals surface area (Å²) < 4.78 is 5.78. The highest BCUT2D eigenvalue weighted by Gasteiger charge is 2.06. The second-order valence-corrected chi connectivity index (χ2v) is 4.10. The molecule has 0 saturated carbocycles. The summed E-state index contributed by atoms with van der Waals surface area (Å²) in [6.07, 6.45) is 1.41. The highest BCUT2D eigenvalue weighted by Crippen LogP contribution is 2.21. The van der Waals surface area contributed by atoms with E-state index in [1.807, 2.05) is 22.6 Å². The number of para-hydroxylation sites is 1. The van der Waals surface area contributed by atoms with Crippen molar-refractivity contribution in [2.45, 2.75) is 0 Å². The summed E-state index contributed by atoms with van der Waals surface area (Å²) in [6.45, 7) is 0. The number of halogens is 2. The van der Waals surface area contributed by atoms with Crippen LogP contribution in [0.2, 0.25) is 5.02 Å². The summed E-state index contributed by atoms with van der Waals surface area (Å²) in [5.74, 6) is 0. The van der Waals surface area contributed by atoms with Gasteiger partial charge in [0.2, 0.25) is 5.43 Å². The van der Waals surface area contributed by atoms with Crippen LogP contribution in [0.1, 0.15) is 0 Å². The molecule has 0 radical (unpaired) electrons. The fourth-order valence-corrected chi connectivity index (χ4v) is 1.74. The highest BCUT2D eigenvalue weighted by molar-refractivity contribution is 14.1. The van der Waals surface area contributed by atoms with Crippen molar-refractivity contribution >= 4 is 45.2 Å². The van der Waals surface area contributed by atoms with E-state index in [0.717, 1.165) is 0 Å². The molecule has 0 aliphatic heterocycles. The lowest BCUT2D eigenvalue weighted by Crippen LogP contribution is -2.04. The standard InChI is InChI=1S/C9H4ClIO2/c10-6-3-1-2-5-8(12)7(11)4-13-9(5)6/h1-4H. The molecule has 13 heavy (non-hydrogen) atoms. The van der Waals surface area contributed by atoms with Gasteiger partial charge in [0, 0.05) is 0 Å². The first-order chi connectivity index (χ1) is 6.20. The number of rotatable bonds is 0. The van der Waals surface area contributed by atoms with Crippen molar-refractivity contribution < 1.29 is 4.42 Å². The van der Waals surface area contributed by atoms with Crippen LogP contribution in [0.25, 0.3) is 11.0 Å². The average molecular weight is 306 g/mol. The molecule has 2 aromatic rings. The Morgan fingerprint density at radius 1 is 1.38 bits per heavy atom. The maximum atomic E-state index is 11.6. The fraction of sp³-hybridized carbons (Fsp3) is 0. The molecule has 2 nitrogen and oxygen atoms in total. The van der Waals surface area contributed by atoms with E-state index in [0.29, 0.717) is 19.6 Å². The molecular formula is C9H4ClIO2. The number of hydrogen-bond donors (Lipinski definition) is 0. The van der Waals surface area contributed by atoms with E-state index >= 15 is 0 Å². The van der Waals surface area contributed by atoms with Crippen molar-refractivity contribution in [3.8, 4) is 0 Å². The number of fused-ring (bicyclic) bond motifs is 1. The zero-order valence-corrected chi connectivity index (χ0v) is 9.30. The lowest BCUT2D eigenvalue weighted by atomic mass is 10.2. The summed E-state index contributed by atoms with van der Waals surface area (Å²) >= 11 is 7.78. The van der Waals surface area contributed by atoms with E-state index in [2.05, 4.69) is 0 Å². The van der Waals surface area contributed by atoms with Gasteiger partial charge in [-0.05, 0) is 34.7 Å². The number of benzene rings is 1. The average Bonchev–Trinajstić information content (AvgIpc) is 2.12. The van der Waals surface area contributed by atoms with Crippen molar-refractivity contribution in [3.05, 3.63) is 43.3 Å². The molecule has 4 heteroatoms. The molecule has 0 spiro atoms. The lowest BCUT2D eigenvalue weighted by molar-refractivity contribution is 0.598. The Morgan fingerprint density at radius 3 is 2.92 bits per heavy atom. The maximum absolute atomic E-state index is 11.6. The number of hydrogen-bond acceptors (Lipinski definition) is 2. The van der Waals surface area contributed by atoms with Crippen molar-refractivity contribution in [3.63, 3.8) is 0 Å². The summed E-state index contributed by atoms with van der Waals surface area (Å²) in [5, 5.41) is 0.991. The Kier molecular flexibility index (Phi) is 2.29. The first-order valence-electron chi connectivity index (χ1n) is 3.55. The zero-order chi connectivity index (χ0) is 9.42. The minimum atomic E-state index is -0.0376. The molecule has 66 valence electrons. The molecule has 0 fully saturated rings. The predicted octanol–water partition coefficient (Wildman–Crippen LogP) is 3.05. The van der Waals surface area contributed by atoms with Gasteiger partial charge in [0.1, 0.15) is 6.26 Å². The highest BCUT2D eigenvalue weighted by atomic mass is 127. The van der Waals surface area contributed by atoms with E-state index < -0.39 is 0 Å². The van der Waals surface area contributed by atoms with Gasteiger partial charge in [-0.15, -0.1) is 0 Å². The largest absolute Gasteiger partial charge is 0.461 e. The summed E-state index contributed by atoms with van der Waals surface area (Å²) in [4.78, 5) is 11.6. The van der Waals surface area contributed by atoms with Gasteiger partial charge in [0.15, 0.2) is 5.58 Å². The molecule has 0 saturated heterocycles. The van der Waals surface area contributed by atoms with E-state index in [4.69, 9.17) is 16.0 Å². The van der Waals surface area contributed by atoms with Crippen LogP contribution in [-0.4, -0.2) is 0 Å². The topological polar surface area (TPSA) is 30.2 Å². The predicted molar refractivity (Wildman–Crippen MR) is 60.2 cm³/mol. The Labute approximate surface area is 92.6 Å². The third-order valence-corrected chi connectivity index (χ3v) is 2.75. The second kappa shape index (κ2) is 3.31. The van der Waals surface area contributed by atoms with Gasteiger partial charge in [-0.3, -0.25) is 4.79 Å². The van der Waals surface area contributed by atoms with Crippen LogP contribution in [0.15, 0.2) is 33.7 Å². The van der Waals surface area contributed by atoms with Crippen molar-refractivity contribution in [1.82, 2.24) is 0 Å². The maximum Gasteiger partial charge on any atom is 0.206 e. The molecule has 0 amide bonds. The first kappa shape index (κ1) is 9.02. The molecular weight excluding hydrogens is 302 g/mol. The van der Waals surface area contributed by atoms with E-state index in [1.54, 1.807) is 18.2 Å². The normalized spacial score (nSPS) is 10.6. The van der Waals surface area contributed by atoms with Crippen molar-refractivity contribution in [2.24, 2.45) is 0 Å². The van der Waals surface area contributed by atoms with Gasteiger partial charge < -0.3 is 4.42 Å². The van der Waals surface area contributed by atoms with Gasteiger partial charge >= 0.3 is 0 Å². The SMILES string of the molecule is O=c1c(I)coc2c(Cl)cccc12. The van der Waals surface area contributed by atoms with Crippen LogP contribution >= 0.6 is 34.2 Å². The first-order valence-corrected chi connectivity index (χ1v) is 5.01. The van der Waals surface area contributed by atoms with Gasteiger partial charge in [-0.1, -0.05) is 17.7 Å². The molecule has 0 bridgehead atoms. The zero-order valence-electron chi connectivity index (χ0n) is 6.38. The molecule has 0 aliphatic carbocycles. The fourth-order valence-electron chi connectivity index (χ4n) is 1.10. The van der Waals surface area contributed by atoms with Gasteiger partial charge in [0.25, 0.3) is 0 Å². The second-order valence-electron chi connectivity index (χ2n) is 2.53. The van der Waals surface area contributed by atoms with Crippen LogP contribution in [0, 0.1) is 3.57 Å². The Hall–Kier alpha value is -0.550. The van der Waals surface area contributed by atoms with E-state index in [1.165, 1.54) is 6.26 Å². The van der Waals surface area contributed by atoms with Crippen LogP contribution in [0.5, 0.6) is 0 Å². The van der Waals surface area contributed by atoms with Crippen LogP contribution in [-0.2, 0) is 0 Å². The van der Waals surface area contributed by atoms with Gasteiger partial charge in [-0.2, -0.15) is 0 Å². The summed E-state index contributed by atoms with van der Waals surface area (Å²) in [6, 6.07) is 5.13. The summed E-state index contributed by atoms with van der Waals surface area (Å²) in [7, 11) is 0. The lowest BCUT2D eigenvalue weighted by Gasteiger charge is -1.97. The third-order valence-electron chi connectivity index (χ3n) is 1.71. The molecule has 2 rings (SSSR count). The third kappa shape index (κ3) is 1.46. The van der Waals surface area contributed by atoms with Crippen LogP contribution in [0.3, 0.4) is 0 Å². The molecule has 0 N–H and O–H groups in total. The molecule has 1 aromatic heterocycles. The van der Waals surface area contributed by atoms with Crippen LogP contribution in [0.4, 0.5) is 0 Å². The Balaban J connectivity index is 3.03. The van der Waals surface area contributed by atoms with Crippen molar-refractivity contribution in [2.75, 3.05) is 0 Å². The van der Waals surface area contributed by atoms with Crippen LogP contribution < -0.4 is 5.43 Å². The molecule has 0 unspecified atom stereocenters. The molecule has 1 aromatic carbocycles. The monoisotopic (exact) mass is 306 g/mol. The Morgan fingerprint density at radius 2 is 2.15 bits per heavy atom. The van der Waals surface area contributed by atoms with Gasteiger partial charge in [-0.25, -0.2) is 0 Å². The minimum absolute atomic E-state index is 0.0376. The van der Waals surface area contributed by atoms with E-state index in [-0.39, 0.29) is 5.43 Å². The summed E-state index contributed by atoms with van der Waals surface area (Å²) in [5.41, 5.74) is 0.416. The molecule has 1 heterocycles. The molecule has 0 aliphatic rings. The smallest absolute Gasteiger partial charge is 0.206 e. The van der Waals surface area contributed by atoms with E-state index in [9.17, 15) is 4.79 Å². The van der Waals surface area contributed by atoms with Crippen molar-refractivity contribution in [1.29, 1.82) is 0 Å². The molecule has 0 atom stereocenters.